The maximum atomic E-state index is 12.6. The van der Waals surface area contributed by atoms with Gasteiger partial charge in [-0.15, -0.1) is 0 Å². The fraction of sp³-hybridized carbons (Fsp3) is 0.381. The number of carbonyl (C=O) groups is 1. The van der Waals surface area contributed by atoms with E-state index in [4.69, 9.17) is 4.74 Å². The fourth-order valence-electron chi connectivity index (χ4n) is 2.71. The summed E-state index contributed by atoms with van der Waals surface area (Å²) in [6.07, 6.45) is 1.98. The minimum absolute atomic E-state index is 0.0446. The first-order valence-corrected chi connectivity index (χ1v) is 11.0. The number of nitrogens with zero attached hydrogens (tertiary/aromatic N) is 1. The Morgan fingerprint density at radius 1 is 1.00 bits per heavy atom. The topological polar surface area (TPSA) is 75.7 Å². The molecule has 2 aromatic carbocycles. The van der Waals surface area contributed by atoms with Crippen molar-refractivity contribution in [1.29, 1.82) is 0 Å². The maximum Gasteiger partial charge on any atom is 0.261 e. The molecule has 0 unspecified atom stereocenters. The van der Waals surface area contributed by atoms with Gasteiger partial charge in [-0.25, -0.2) is 8.42 Å². The molecule has 1 amide bonds. The Bertz CT molecular complexity index is 862. The summed E-state index contributed by atoms with van der Waals surface area (Å²) in [5, 5.41) is 0. The average Bonchev–Trinajstić information content (AvgIpc) is 2.69. The van der Waals surface area contributed by atoms with Crippen LogP contribution in [0.25, 0.3) is 0 Å². The van der Waals surface area contributed by atoms with Gasteiger partial charge in [-0.2, -0.15) is 0 Å². The predicted molar refractivity (Wildman–Crippen MR) is 111 cm³/mol. The first-order valence-electron chi connectivity index (χ1n) is 9.56. The van der Waals surface area contributed by atoms with Crippen LogP contribution >= 0.6 is 0 Å². The van der Waals surface area contributed by atoms with E-state index in [0.717, 1.165) is 19.4 Å². The molecule has 0 aliphatic rings. The van der Waals surface area contributed by atoms with Gasteiger partial charge < -0.3 is 9.64 Å². The molecule has 0 spiro atoms. The van der Waals surface area contributed by atoms with Crippen LogP contribution in [0.2, 0.25) is 0 Å². The average molecular weight is 405 g/mol. The molecular weight excluding hydrogens is 376 g/mol. The Morgan fingerprint density at radius 3 is 2.18 bits per heavy atom. The van der Waals surface area contributed by atoms with E-state index in [9.17, 15) is 13.2 Å². The molecule has 0 aliphatic heterocycles. The number of anilines is 1. The zero-order valence-electron chi connectivity index (χ0n) is 16.6. The Labute approximate surface area is 167 Å². The second kappa shape index (κ2) is 10.1. The summed E-state index contributed by atoms with van der Waals surface area (Å²) in [6.45, 7) is 7.78. The molecule has 0 radical (unpaired) electrons. The molecule has 0 saturated heterocycles. The smallest absolute Gasteiger partial charge is 0.261 e. The lowest BCUT2D eigenvalue weighted by atomic mass is 10.1. The molecular formula is C21H28N2O4S. The van der Waals surface area contributed by atoms with Crippen molar-refractivity contribution in [3.8, 4) is 5.75 Å². The summed E-state index contributed by atoms with van der Waals surface area (Å²) < 4.78 is 32.9. The van der Waals surface area contributed by atoms with Gasteiger partial charge >= 0.3 is 0 Å². The van der Waals surface area contributed by atoms with E-state index >= 15 is 0 Å². The van der Waals surface area contributed by atoms with E-state index in [1.807, 2.05) is 13.8 Å². The van der Waals surface area contributed by atoms with Crippen LogP contribution < -0.4 is 9.46 Å². The van der Waals surface area contributed by atoms with Crippen LogP contribution in [0.4, 0.5) is 5.69 Å². The number of amides is 1. The van der Waals surface area contributed by atoms with Crippen molar-refractivity contribution in [3.63, 3.8) is 0 Å². The number of carbonyl (C=O) groups excluding carboxylic acids is 1. The van der Waals surface area contributed by atoms with Crippen molar-refractivity contribution in [2.75, 3.05) is 24.4 Å². The van der Waals surface area contributed by atoms with Gasteiger partial charge in [0.2, 0.25) is 0 Å². The van der Waals surface area contributed by atoms with Gasteiger partial charge in [0.15, 0.2) is 0 Å². The number of rotatable bonds is 10. The van der Waals surface area contributed by atoms with Crippen LogP contribution in [0.1, 0.15) is 44.0 Å². The fourth-order valence-corrected chi connectivity index (χ4v) is 3.77. The van der Waals surface area contributed by atoms with Crippen LogP contribution in [-0.4, -0.2) is 38.9 Å². The van der Waals surface area contributed by atoms with Crippen molar-refractivity contribution in [2.24, 2.45) is 0 Å². The van der Waals surface area contributed by atoms with Gasteiger partial charge in [-0.1, -0.05) is 13.3 Å². The number of unbranched alkanes of at least 4 members (excludes halogenated alkanes) is 1. The third-order valence-electron chi connectivity index (χ3n) is 4.28. The quantitative estimate of drug-likeness (QED) is 0.645. The molecule has 6 nitrogen and oxygen atoms in total. The highest BCUT2D eigenvalue weighted by Gasteiger charge is 2.16. The Balaban J connectivity index is 2.09. The monoisotopic (exact) mass is 404 g/mol. The van der Waals surface area contributed by atoms with Gasteiger partial charge in [0.25, 0.3) is 15.9 Å². The van der Waals surface area contributed by atoms with Crippen LogP contribution in [0.5, 0.6) is 5.75 Å². The lowest BCUT2D eigenvalue weighted by Crippen LogP contribution is -2.31. The van der Waals surface area contributed by atoms with E-state index in [1.165, 1.54) is 12.1 Å². The minimum atomic E-state index is -3.71. The molecule has 1 N–H and O–H groups in total. The van der Waals surface area contributed by atoms with E-state index in [2.05, 4.69) is 11.6 Å². The molecule has 0 bridgehead atoms. The normalized spacial score (nSPS) is 11.1. The highest BCUT2D eigenvalue weighted by Crippen LogP contribution is 2.20. The van der Waals surface area contributed by atoms with Crippen LogP contribution in [-0.2, 0) is 10.0 Å². The summed E-state index contributed by atoms with van der Waals surface area (Å²) in [5.41, 5.74) is 0.948. The van der Waals surface area contributed by atoms with Gasteiger partial charge in [0, 0.05) is 24.3 Å². The highest BCUT2D eigenvalue weighted by molar-refractivity contribution is 7.92. The van der Waals surface area contributed by atoms with Gasteiger partial charge in [0.05, 0.1) is 11.5 Å². The van der Waals surface area contributed by atoms with Crippen molar-refractivity contribution in [3.05, 3.63) is 54.1 Å². The number of sulfonamides is 1. The molecule has 2 rings (SSSR count). The Kier molecular flexibility index (Phi) is 7.87. The molecule has 0 saturated carbocycles. The van der Waals surface area contributed by atoms with E-state index in [0.29, 0.717) is 30.2 Å². The molecule has 28 heavy (non-hydrogen) atoms. The van der Waals surface area contributed by atoms with E-state index in [1.54, 1.807) is 41.3 Å². The first-order chi connectivity index (χ1) is 13.4. The number of ether oxygens (including phenoxy) is 1. The summed E-state index contributed by atoms with van der Waals surface area (Å²) in [7, 11) is -3.71. The second-order valence-corrected chi connectivity index (χ2v) is 8.01. The second-order valence-electron chi connectivity index (χ2n) is 6.33. The number of hydrogen-bond donors (Lipinski definition) is 1. The van der Waals surface area contributed by atoms with Crippen molar-refractivity contribution < 1.29 is 17.9 Å². The standard InChI is InChI=1S/C21H28N2O4S/c1-4-7-16-23(5-2)21(24)17-8-10-18(11-9-17)22-28(25,26)20-14-12-19(13-15-20)27-6-3/h8-15,22H,4-7,16H2,1-3H3. The number of benzene rings is 2. The lowest BCUT2D eigenvalue weighted by molar-refractivity contribution is 0.0762. The number of hydrogen-bond acceptors (Lipinski definition) is 4. The SMILES string of the molecule is CCCCN(CC)C(=O)c1ccc(NS(=O)(=O)c2ccc(OCC)cc2)cc1. The van der Waals surface area contributed by atoms with Crippen LogP contribution in [0.3, 0.4) is 0 Å². The van der Waals surface area contributed by atoms with Gasteiger partial charge in [0.1, 0.15) is 5.75 Å². The molecule has 2 aromatic rings. The number of nitrogens with one attached hydrogen (secondary N) is 1. The van der Waals surface area contributed by atoms with E-state index < -0.39 is 10.0 Å². The molecule has 7 heteroatoms. The van der Waals surface area contributed by atoms with Crippen molar-refractivity contribution >= 4 is 21.6 Å². The molecule has 0 fully saturated rings. The van der Waals surface area contributed by atoms with Crippen LogP contribution in [0, 0.1) is 0 Å². The molecule has 0 heterocycles. The van der Waals surface area contributed by atoms with Gasteiger partial charge in [-0.3, -0.25) is 9.52 Å². The Morgan fingerprint density at radius 2 is 1.64 bits per heavy atom. The third kappa shape index (κ3) is 5.73. The molecule has 152 valence electrons. The highest BCUT2D eigenvalue weighted by atomic mass is 32.2. The van der Waals surface area contributed by atoms with Crippen molar-refractivity contribution in [1.82, 2.24) is 4.90 Å². The third-order valence-corrected chi connectivity index (χ3v) is 5.68. The summed E-state index contributed by atoms with van der Waals surface area (Å²) >= 11 is 0. The van der Waals surface area contributed by atoms with E-state index in [-0.39, 0.29) is 10.8 Å². The molecule has 0 aromatic heterocycles. The Hall–Kier alpha value is -2.54. The van der Waals surface area contributed by atoms with Crippen LogP contribution in [0.15, 0.2) is 53.4 Å². The first kappa shape index (κ1) is 21.8. The zero-order chi connectivity index (χ0) is 20.6. The van der Waals surface area contributed by atoms with Crippen molar-refractivity contribution in [2.45, 2.75) is 38.5 Å². The lowest BCUT2D eigenvalue weighted by Gasteiger charge is -2.20. The summed E-state index contributed by atoms with van der Waals surface area (Å²) in [4.78, 5) is 14.5. The largest absolute Gasteiger partial charge is 0.494 e. The predicted octanol–water partition coefficient (Wildman–Crippen LogP) is 4.15. The van der Waals surface area contributed by atoms with Gasteiger partial charge in [-0.05, 0) is 68.8 Å². The summed E-state index contributed by atoms with van der Waals surface area (Å²) in [5.74, 6) is 0.574. The molecule has 0 atom stereocenters. The molecule has 0 aliphatic carbocycles. The summed E-state index contributed by atoms with van der Waals surface area (Å²) in [6, 6.07) is 12.7. The maximum absolute atomic E-state index is 12.6. The zero-order valence-corrected chi connectivity index (χ0v) is 17.5. The minimum Gasteiger partial charge on any atom is -0.494 e.